The van der Waals surface area contributed by atoms with Crippen LogP contribution in [-0.2, 0) is 15.7 Å². The highest BCUT2D eigenvalue weighted by atomic mass is 19.4. The Kier molecular flexibility index (Phi) is 4.72. The molecular formula is C14H16F3NO3. The predicted octanol–water partition coefficient (Wildman–Crippen LogP) is 2.33. The maximum Gasteiger partial charge on any atom is 0.416 e. The highest BCUT2D eigenvalue weighted by molar-refractivity contribution is 5.73. The lowest BCUT2D eigenvalue weighted by Crippen LogP contribution is -2.38. The second kappa shape index (κ2) is 6.34. The second-order valence-corrected chi connectivity index (χ2v) is 4.80. The summed E-state index contributed by atoms with van der Waals surface area (Å²) < 4.78 is 48.3. The Balaban J connectivity index is 2.01. The Morgan fingerprint density at radius 2 is 2.00 bits per heavy atom. The number of halogens is 3. The van der Waals surface area contributed by atoms with Crippen LogP contribution in [0.5, 0.6) is 5.75 Å². The van der Waals surface area contributed by atoms with E-state index in [4.69, 9.17) is 9.47 Å². The fraction of sp³-hybridized carbons (Fsp3) is 0.500. The van der Waals surface area contributed by atoms with Crippen molar-refractivity contribution >= 4 is 5.91 Å². The van der Waals surface area contributed by atoms with Crippen LogP contribution in [0.4, 0.5) is 13.2 Å². The van der Waals surface area contributed by atoms with Crippen molar-refractivity contribution in [1.82, 2.24) is 4.90 Å². The third-order valence-electron chi connectivity index (χ3n) is 3.16. The molecule has 1 saturated heterocycles. The molecule has 2 rings (SSSR count). The lowest BCUT2D eigenvalue weighted by molar-refractivity contribution is -0.137. The largest absolute Gasteiger partial charge is 0.486 e. The van der Waals surface area contributed by atoms with Crippen molar-refractivity contribution in [2.45, 2.75) is 19.2 Å². The predicted molar refractivity (Wildman–Crippen MR) is 68.9 cm³/mol. The molecule has 1 fully saturated rings. The van der Waals surface area contributed by atoms with Crippen molar-refractivity contribution in [3.8, 4) is 5.75 Å². The molecule has 1 aromatic carbocycles. The van der Waals surface area contributed by atoms with Gasteiger partial charge in [0.2, 0.25) is 5.91 Å². The molecule has 4 nitrogen and oxygen atoms in total. The Hall–Kier alpha value is -1.76. The van der Waals surface area contributed by atoms with Crippen LogP contribution < -0.4 is 4.74 Å². The monoisotopic (exact) mass is 303 g/mol. The summed E-state index contributed by atoms with van der Waals surface area (Å²) in [5.74, 6) is 0.239. The molecule has 1 aromatic rings. The van der Waals surface area contributed by atoms with E-state index in [0.29, 0.717) is 32.1 Å². The van der Waals surface area contributed by atoms with E-state index in [-0.39, 0.29) is 5.91 Å². The van der Waals surface area contributed by atoms with Gasteiger partial charge < -0.3 is 14.4 Å². The Morgan fingerprint density at radius 3 is 2.57 bits per heavy atom. The van der Waals surface area contributed by atoms with Crippen molar-refractivity contribution in [1.29, 1.82) is 0 Å². The molecule has 1 aliphatic rings. The van der Waals surface area contributed by atoms with Gasteiger partial charge in [0, 0.05) is 13.5 Å². The van der Waals surface area contributed by atoms with Gasteiger partial charge in [-0.2, -0.15) is 13.2 Å². The lowest BCUT2D eigenvalue weighted by Gasteiger charge is -2.23. The summed E-state index contributed by atoms with van der Waals surface area (Å²) >= 11 is 0. The van der Waals surface area contributed by atoms with Gasteiger partial charge in [-0.05, 0) is 24.3 Å². The van der Waals surface area contributed by atoms with Gasteiger partial charge in [0.25, 0.3) is 0 Å². The molecule has 0 spiro atoms. The number of nitrogens with zero attached hydrogens (tertiary/aromatic N) is 1. The summed E-state index contributed by atoms with van der Waals surface area (Å²) in [6.07, 6.45) is -4.76. The summed E-state index contributed by atoms with van der Waals surface area (Å²) in [5, 5.41) is 0. The lowest BCUT2D eigenvalue weighted by atomic mass is 10.2. The molecular weight excluding hydrogens is 287 g/mol. The molecule has 1 heterocycles. The summed E-state index contributed by atoms with van der Waals surface area (Å²) in [7, 11) is 0. The first-order chi connectivity index (χ1) is 9.86. The molecule has 116 valence electrons. The molecule has 1 atom stereocenters. The first-order valence-corrected chi connectivity index (χ1v) is 6.53. The van der Waals surface area contributed by atoms with E-state index in [1.807, 2.05) is 0 Å². The van der Waals surface area contributed by atoms with E-state index >= 15 is 0 Å². The normalized spacial score (nSPS) is 20.0. The van der Waals surface area contributed by atoms with Crippen molar-refractivity contribution < 1.29 is 27.4 Å². The van der Waals surface area contributed by atoms with Crippen molar-refractivity contribution in [2.24, 2.45) is 0 Å². The quantitative estimate of drug-likeness (QED) is 0.842. The molecule has 1 unspecified atom stereocenters. The van der Waals surface area contributed by atoms with Crippen LogP contribution >= 0.6 is 0 Å². The van der Waals surface area contributed by atoms with E-state index in [1.165, 1.54) is 19.1 Å². The molecule has 0 aromatic heterocycles. The number of alkyl halides is 3. The minimum atomic E-state index is -4.37. The molecule has 0 bridgehead atoms. The van der Waals surface area contributed by atoms with E-state index in [9.17, 15) is 18.0 Å². The minimum Gasteiger partial charge on any atom is -0.486 e. The average molecular weight is 303 g/mol. The van der Waals surface area contributed by atoms with Crippen LogP contribution in [0.25, 0.3) is 0 Å². The Morgan fingerprint density at radius 1 is 1.33 bits per heavy atom. The molecule has 0 aliphatic carbocycles. The minimum absolute atomic E-state index is 0.0819. The standard InChI is InChI=1S/C14H16F3NO3/c1-10(19)18-6-7-20-9-13(8-18)21-12-4-2-11(3-5-12)14(15,16)17/h2-5,13H,6-9H2,1H3. The number of ether oxygens (including phenoxy) is 2. The molecule has 7 heteroatoms. The maximum atomic E-state index is 12.5. The van der Waals surface area contributed by atoms with E-state index in [1.54, 1.807) is 4.90 Å². The van der Waals surface area contributed by atoms with Crippen LogP contribution in [0.3, 0.4) is 0 Å². The van der Waals surface area contributed by atoms with Gasteiger partial charge in [-0.3, -0.25) is 4.79 Å². The second-order valence-electron chi connectivity index (χ2n) is 4.80. The topological polar surface area (TPSA) is 38.8 Å². The first-order valence-electron chi connectivity index (χ1n) is 6.53. The number of hydrogen-bond acceptors (Lipinski definition) is 3. The van der Waals surface area contributed by atoms with Crippen molar-refractivity contribution in [2.75, 3.05) is 26.3 Å². The Labute approximate surface area is 120 Å². The van der Waals surface area contributed by atoms with Gasteiger partial charge in [-0.25, -0.2) is 0 Å². The number of carbonyl (C=O) groups is 1. The SMILES string of the molecule is CC(=O)N1CCOCC(Oc2ccc(C(F)(F)F)cc2)C1. The van der Waals surface area contributed by atoms with Crippen molar-refractivity contribution in [3.63, 3.8) is 0 Å². The van der Waals surface area contributed by atoms with Crippen molar-refractivity contribution in [3.05, 3.63) is 29.8 Å². The molecule has 0 radical (unpaired) electrons. The van der Waals surface area contributed by atoms with Gasteiger partial charge in [0.05, 0.1) is 25.3 Å². The van der Waals surface area contributed by atoms with Crippen LogP contribution in [0, 0.1) is 0 Å². The maximum absolute atomic E-state index is 12.5. The highest BCUT2D eigenvalue weighted by Gasteiger charge is 2.30. The number of rotatable bonds is 2. The summed E-state index contributed by atoms with van der Waals surface area (Å²) in [6.45, 7) is 3.02. The zero-order valence-electron chi connectivity index (χ0n) is 11.5. The number of carbonyl (C=O) groups excluding carboxylic acids is 1. The number of hydrogen-bond donors (Lipinski definition) is 0. The number of amides is 1. The smallest absolute Gasteiger partial charge is 0.416 e. The summed E-state index contributed by atoms with van der Waals surface area (Å²) in [4.78, 5) is 13.0. The van der Waals surface area contributed by atoms with Gasteiger partial charge in [-0.1, -0.05) is 0 Å². The van der Waals surface area contributed by atoms with Gasteiger partial charge in [-0.15, -0.1) is 0 Å². The van der Waals surface area contributed by atoms with E-state index in [2.05, 4.69) is 0 Å². The molecule has 0 N–H and O–H groups in total. The fourth-order valence-corrected chi connectivity index (χ4v) is 2.05. The summed E-state index contributed by atoms with van der Waals surface area (Å²) in [6, 6.07) is 4.48. The molecule has 1 aliphatic heterocycles. The fourth-order valence-electron chi connectivity index (χ4n) is 2.05. The molecule has 0 saturated carbocycles. The third-order valence-corrected chi connectivity index (χ3v) is 3.16. The summed E-state index contributed by atoms with van der Waals surface area (Å²) in [5.41, 5.74) is -0.725. The van der Waals surface area contributed by atoms with Crippen LogP contribution in [0.2, 0.25) is 0 Å². The zero-order chi connectivity index (χ0) is 15.5. The van der Waals surface area contributed by atoms with Crippen LogP contribution in [0.15, 0.2) is 24.3 Å². The van der Waals surface area contributed by atoms with E-state index in [0.717, 1.165) is 12.1 Å². The molecule has 1 amide bonds. The first kappa shape index (κ1) is 15.6. The Bertz CT molecular complexity index is 487. The van der Waals surface area contributed by atoms with Gasteiger partial charge in [0.15, 0.2) is 0 Å². The zero-order valence-corrected chi connectivity index (χ0v) is 11.5. The highest BCUT2D eigenvalue weighted by Crippen LogP contribution is 2.30. The third kappa shape index (κ3) is 4.35. The number of benzene rings is 1. The van der Waals surface area contributed by atoms with Crippen LogP contribution in [-0.4, -0.2) is 43.2 Å². The molecule has 21 heavy (non-hydrogen) atoms. The van der Waals surface area contributed by atoms with E-state index < -0.39 is 17.8 Å². The van der Waals surface area contributed by atoms with Crippen LogP contribution in [0.1, 0.15) is 12.5 Å². The van der Waals surface area contributed by atoms with Gasteiger partial charge in [0.1, 0.15) is 11.9 Å². The van der Waals surface area contributed by atoms with Gasteiger partial charge >= 0.3 is 6.18 Å². The average Bonchev–Trinajstić information content (AvgIpc) is 2.64.